The lowest BCUT2D eigenvalue weighted by molar-refractivity contribution is 0.103. The van der Waals surface area contributed by atoms with Crippen molar-refractivity contribution < 1.29 is 14.3 Å². The summed E-state index contributed by atoms with van der Waals surface area (Å²) in [7, 11) is 3.42. The van der Waals surface area contributed by atoms with Crippen LogP contribution in [-0.2, 0) is 11.8 Å². The fourth-order valence-corrected chi connectivity index (χ4v) is 1.88. The Kier molecular flexibility index (Phi) is 4.53. The Morgan fingerprint density at radius 1 is 1.25 bits per heavy atom. The van der Waals surface area contributed by atoms with E-state index < -0.39 is 0 Å². The summed E-state index contributed by atoms with van der Waals surface area (Å²) in [6.07, 6.45) is 1.59. The summed E-state index contributed by atoms with van der Waals surface area (Å²) in [5, 5.41) is 4.10. The zero-order chi connectivity index (χ0) is 14.5. The topological polar surface area (TPSA) is 53.4 Å². The highest BCUT2D eigenvalue weighted by Crippen LogP contribution is 2.22. The summed E-state index contributed by atoms with van der Waals surface area (Å²) in [5.41, 5.74) is 1.97. The van der Waals surface area contributed by atoms with Crippen molar-refractivity contribution in [1.82, 2.24) is 9.78 Å². The summed E-state index contributed by atoms with van der Waals surface area (Å²) in [6, 6.07) is 7.21. The van der Waals surface area contributed by atoms with Crippen molar-refractivity contribution in [3.05, 3.63) is 47.3 Å². The fraction of sp³-hybridized carbons (Fsp3) is 0.333. The number of carbonyl (C=O) groups is 1. The molecule has 0 saturated heterocycles. The Morgan fingerprint density at radius 2 is 2.00 bits per heavy atom. The zero-order valence-electron chi connectivity index (χ0n) is 11.9. The summed E-state index contributed by atoms with van der Waals surface area (Å²) >= 11 is 0. The van der Waals surface area contributed by atoms with E-state index in [1.807, 2.05) is 26.1 Å². The first-order valence-corrected chi connectivity index (χ1v) is 6.39. The van der Waals surface area contributed by atoms with Gasteiger partial charge in [0.25, 0.3) is 0 Å². The Bertz CT molecular complexity index is 605. The predicted octanol–water partition coefficient (Wildman–Crippen LogP) is 1.98. The lowest BCUT2D eigenvalue weighted by Crippen LogP contribution is -2.09. The number of ether oxygens (including phenoxy) is 2. The van der Waals surface area contributed by atoms with Crippen LogP contribution in [0.2, 0.25) is 0 Å². The molecule has 20 heavy (non-hydrogen) atoms. The number of hydrogen-bond donors (Lipinski definition) is 0. The standard InChI is InChI=1S/C15H18N2O3/c1-11-13(10-16-17(11)2)15(18)12-6-4-5-7-14(12)20-9-8-19-3/h4-7,10H,8-9H2,1-3H3. The largest absolute Gasteiger partial charge is 0.490 e. The van der Waals surface area contributed by atoms with Gasteiger partial charge in [-0.2, -0.15) is 5.10 Å². The highest BCUT2D eigenvalue weighted by molar-refractivity contribution is 6.11. The highest BCUT2D eigenvalue weighted by Gasteiger charge is 2.18. The van der Waals surface area contributed by atoms with Gasteiger partial charge in [-0.15, -0.1) is 0 Å². The molecular weight excluding hydrogens is 256 g/mol. The van der Waals surface area contributed by atoms with Gasteiger partial charge in [0.05, 0.1) is 23.9 Å². The molecule has 0 unspecified atom stereocenters. The van der Waals surface area contributed by atoms with Gasteiger partial charge in [-0.1, -0.05) is 12.1 Å². The van der Waals surface area contributed by atoms with Crippen LogP contribution < -0.4 is 4.74 Å². The van der Waals surface area contributed by atoms with E-state index in [9.17, 15) is 4.79 Å². The molecule has 5 heteroatoms. The van der Waals surface area contributed by atoms with E-state index in [4.69, 9.17) is 9.47 Å². The smallest absolute Gasteiger partial charge is 0.200 e. The van der Waals surface area contributed by atoms with E-state index in [-0.39, 0.29) is 5.78 Å². The number of aryl methyl sites for hydroxylation is 1. The van der Waals surface area contributed by atoms with Crippen molar-refractivity contribution in [1.29, 1.82) is 0 Å². The van der Waals surface area contributed by atoms with Gasteiger partial charge in [0.2, 0.25) is 0 Å². The molecule has 0 N–H and O–H groups in total. The molecule has 0 bridgehead atoms. The van der Waals surface area contributed by atoms with Crippen LogP contribution in [0.25, 0.3) is 0 Å². The van der Waals surface area contributed by atoms with Crippen molar-refractivity contribution in [2.75, 3.05) is 20.3 Å². The van der Waals surface area contributed by atoms with Crippen LogP contribution in [0.4, 0.5) is 0 Å². The van der Waals surface area contributed by atoms with Gasteiger partial charge in [-0.3, -0.25) is 9.48 Å². The fourth-order valence-electron chi connectivity index (χ4n) is 1.88. The first-order chi connectivity index (χ1) is 9.65. The zero-order valence-corrected chi connectivity index (χ0v) is 11.9. The van der Waals surface area contributed by atoms with Gasteiger partial charge < -0.3 is 9.47 Å². The minimum atomic E-state index is -0.0800. The van der Waals surface area contributed by atoms with Gasteiger partial charge in [-0.25, -0.2) is 0 Å². The molecule has 0 radical (unpaired) electrons. The quantitative estimate of drug-likeness (QED) is 0.597. The van der Waals surface area contributed by atoms with Gasteiger partial charge in [0.15, 0.2) is 5.78 Å². The summed E-state index contributed by atoms with van der Waals surface area (Å²) in [5.74, 6) is 0.487. The van der Waals surface area contributed by atoms with Crippen molar-refractivity contribution in [3.8, 4) is 5.75 Å². The Balaban J connectivity index is 2.28. The Labute approximate surface area is 118 Å². The summed E-state index contributed by atoms with van der Waals surface area (Å²) in [4.78, 5) is 12.6. The molecule has 1 aromatic carbocycles. The lowest BCUT2D eigenvalue weighted by atomic mass is 10.0. The molecule has 2 aromatic rings. The third-order valence-corrected chi connectivity index (χ3v) is 3.16. The molecule has 0 atom stereocenters. The average molecular weight is 274 g/mol. The lowest BCUT2D eigenvalue weighted by Gasteiger charge is -2.10. The molecule has 0 amide bonds. The molecule has 0 aliphatic rings. The number of hydrogen-bond acceptors (Lipinski definition) is 4. The molecule has 1 heterocycles. The minimum Gasteiger partial charge on any atom is -0.490 e. The number of aromatic nitrogens is 2. The Hall–Kier alpha value is -2.14. The first kappa shape index (κ1) is 14.3. The minimum absolute atomic E-state index is 0.0800. The average Bonchev–Trinajstić information content (AvgIpc) is 2.79. The van der Waals surface area contributed by atoms with E-state index in [0.29, 0.717) is 30.1 Å². The highest BCUT2D eigenvalue weighted by atomic mass is 16.5. The number of nitrogens with zero attached hydrogens (tertiary/aromatic N) is 2. The van der Waals surface area contributed by atoms with Crippen LogP contribution >= 0.6 is 0 Å². The predicted molar refractivity (Wildman–Crippen MR) is 75.2 cm³/mol. The van der Waals surface area contributed by atoms with Crippen molar-refractivity contribution in [3.63, 3.8) is 0 Å². The Morgan fingerprint density at radius 3 is 2.65 bits per heavy atom. The van der Waals surface area contributed by atoms with Crippen LogP contribution in [0.15, 0.2) is 30.5 Å². The molecule has 0 saturated carbocycles. The number of ketones is 1. The van der Waals surface area contributed by atoms with Crippen LogP contribution in [0, 0.1) is 6.92 Å². The van der Waals surface area contributed by atoms with Gasteiger partial charge in [0, 0.05) is 19.9 Å². The molecule has 0 spiro atoms. The molecular formula is C15H18N2O3. The monoisotopic (exact) mass is 274 g/mol. The van der Waals surface area contributed by atoms with Crippen LogP contribution in [0.3, 0.4) is 0 Å². The third kappa shape index (κ3) is 2.88. The second kappa shape index (κ2) is 6.34. The van der Waals surface area contributed by atoms with E-state index in [2.05, 4.69) is 5.10 Å². The van der Waals surface area contributed by atoms with Crippen LogP contribution in [0.1, 0.15) is 21.6 Å². The molecule has 1 aromatic heterocycles. The molecule has 106 valence electrons. The molecule has 0 aliphatic heterocycles. The molecule has 0 aliphatic carbocycles. The van der Waals surface area contributed by atoms with E-state index in [1.165, 1.54) is 0 Å². The number of benzene rings is 1. The van der Waals surface area contributed by atoms with Crippen LogP contribution in [-0.4, -0.2) is 35.9 Å². The maximum Gasteiger partial charge on any atom is 0.200 e. The second-order valence-electron chi connectivity index (χ2n) is 4.43. The maximum atomic E-state index is 12.6. The number of para-hydroxylation sites is 1. The SMILES string of the molecule is COCCOc1ccccc1C(=O)c1cnn(C)c1C. The van der Waals surface area contributed by atoms with Gasteiger partial charge in [-0.05, 0) is 19.1 Å². The summed E-state index contributed by atoms with van der Waals surface area (Å²) in [6.45, 7) is 2.76. The van der Waals surface area contributed by atoms with Crippen molar-refractivity contribution >= 4 is 5.78 Å². The molecule has 2 rings (SSSR count). The van der Waals surface area contributed by atoms with Crippen molar-refractivity contribution in [2.45, 2.75) is 6.92 Å². The van der Waals surface area contributed by atoms with Gasteiger partial charge >= 0.3 is 0 Å². The third-order valence-electron chi connectivity index (χ3n) is 3.16. The maximum absolute atomic E-state index is 12.6. The van der Waals surface area contributed by atoms with Gasteiger partial charge in [0.1, 0.15) is 12.4 Å². The molecule has 5 nitrogen and oxygen atoms in total. The first-order valence-electron chi connectivity index (χ1n) is 6.39. The number of rotatable bonds is 6. The van der Waals surface area contributed by atoms with E-state index in [0.717, 1.165) is 5.69 Å². The second-order valence-corrected chi connectivity index (χ2v) is 4.43. The number of methoxy groups -OCH3 is 1. The number of carbonyl (C=O) groups excluding carboxylic acids is 1. The van der Waals surface area contributed by atoms with Crippen molar-refractivity contribution in [2.24, 2.45) is 7.05 Å². The summed E-state index contributed by atoms with van der Waals surface area (Å²) < 4.78 is 12.2. The normalized spacial score (nSPS) is 10.6. The van der Waals surface area contributed by atoms with Crippen LogP contribution in [0.5, 0.6) is 5.75 Å². The molecule has 0 fully saturated rings. The van der Waals surface area contributed by atoms with E-state index >= 15 is 0 Å². The van der Waals surface area contributed by atoms with E-state index in [1.54, 1.807) is 30.1 Å².